The van der Waals surface area contributed by atoms with Crippen LogP contribution in [0.4, 0.5) is 0 Å². The van der Waals surface area contributed by atoms with E-state index in [9.17, 15) is 25.2 Å². The number of rotatable bonds is 20. The minimum absolute atomic E-state index is 0.0382. The van der Waals surface area contributed by atoms with Crippen molar-refractivity contribution in [2.75, 3.05) is 0 Å². The molecule has 1 aliphatic rings. The van der Waals surface area contributed by atoms with Crippen LogP contribution in [0.1, 0.15) is 126 Å². The molecule has 1 rings (SSSR count). The van der Waals surface area contributed by atoms with Gasteiger partial charge < -0.3 is 29.9 Å². The molecule has 1 heterocycles. The quantitative estimate of drug-likeness (QED) is 0.127. The van der Waals surface area contributed by atoms with E-state index in [0.717, 1.165) is 32.1 Å². The van der Waals surface area contributed by atoms with Crippen LogP contribution in [-0.4, -0.2) is 68.1 Å². The van der Waals surface area contributed by atoms with Crippen molar-refractivity contribution in [1.29, 1.82) is 0 Å². The fourth-order valence-corrected chi connectivity index (χ4v) is 5.62. The lowest BCUT2D eigenvalue weighted by Crippen LogP contribution is -2.43. The Morgan fingerprint density at radius 3 is 2.14 bits per heavy atom. The molecule has 1 fully saturated rings. The molecule has 7 heteroatoms. The van der Waals surface area contributed by atoms with Crippen molar-refractivity contribution in [3.05, 3.63) is 0 Å². The van der Waals surface area contributed by atoms with Crippen molar-refractivity contribution >= 4 is 5.97 Å². The van der Waals surface area contributed by atoms with Gasteiger partial charge in [0.1, 0.15) is 6.10 Å². The second-order valence-electron chi connectivity index (χ2n) is 12.6. The molecular weight excluding hydrogens is 472 g/mol. The Hall–Kier alpha value is -0.730. The van der Waals surface area contributed by atoms with Crippen LogP contribution < -0.4 is 0 Å². The highest BCUT2D eigenvalue weighted by Crippen LogP contribution is 2.38. The lowest BCUT2D eigenvalue weighted by molar-refractivity contribution is -0.163. The summed E-state index contributed by atoms with van der Waals surface area (Å²) in [7, 11) is 0. The van der Waals surface area contributed by atoms with Gasteiger partial charge in [-0.15, -0.1) is 0 Å². The normalized spacial score (nSPS) is 25.7. The van der Waals surface area contributed by atoms with E-state index in [4.69, 9.17) is 9.47 Å². The van der Waals surface area contributed by atoms with Crippen LogP contribution >= 0.6 is 0 Å². The fraction of sp³-hybridized carbons (Fsp3) is 0.967. The van der Waals surface area contributed by atoms with Gasteiger partial charge >= 0.3 is 5.97 Å². The summed E-state index contributed by atoms with van der Waals surface area (Å²) < 4.78 is 11.3. The molecular formula is C30H58O7. The van der Waals surface area contributed by atoms with Crippen LogP contribution in [0.5, 0.6) is 0 Å². The van der Waals surface area contributed by atoms with E-state index in [1.165, 1.54) is 6.92 Å². The van der Waals surface area contributed by atoms with Crippen molar-refractivity contribution in [2.24, 2.45) is 17.8 Å². The maximum Gasteiger partial charge on any atom is 0.303 e. The highest BCUT2D eigenvalue weighted by atomic mass is 16.6. The van der Waals surface area contributed by atoms with Crippen molar-refractivity contribution in [3.8, 4) is 0 Å². The molecule has 0 saturated carbocycles. The largest absolute Gasteiger partial charge is 0.460 e. The molecule has 0 aromatic heterocycles. The van der Waals surface area contributed by atoms with Gasteiger partial charge in [0, 0.05) is 19.3 Å². The molecule has 0 bridgehead atoms. The van der Waals surface area contributed by atoms with Gasteiger partial charge in [0.15, 0.2) is 0 Å². The predicted molar refractivity (Wildman–Crippen MR) is 147 cm³/mol. The Morgan fingerprint density at radius 1 is 0.946 bits per heavy atom. The molecule has 4 N–H and O–H groups in total. The fourth-order valence-electron chi connectivity index (χ4n) is 5.62. The van der Waals surface area contributed by atoms with Crippen LogP contribution in [0.25, 0.3) is 0 Å². The lowest BCUT2D eigenvalue weighted by Gasteiger charge is -2.33. The Balaban J connectivity index is 2.41. The average molecular weight is 531 g/mol. The number of carbonyl (C=O) groups excluding carboxylic acids is 1. The third kappa shape index (κ3) is 13.3. The zero-order valence-electron chi connectivity index (χ0n) is 24.9. The first-order valence-electron chi connectivity index (χ1n) is 14.7. The minimum atomic E-state index is -1.17. The Kier molecular flexibility index (Phi) is 14.6. The molecule has 0 aromatic carbocycles. The van der Waals surface area contributed by atoms with Crippen LogP contribution in [0.15, 0.2) is 0 Å². The number of aliphatic hydroxyl groups is 4. The predicted octanol–water partition coefficient (Wildman–Crippen LogP) is 5.15. The summed E-state index contributed by atoms with van der Waals surface area (Å²) in [6.45, 7) is 15.3. The Bertz CT molecular complexity index is 650. The molecule has 0 aromatic rings. The number of esters is 1. The van der Waals surface area contributed by atoms with Gasteiger partial charge in [-0.2, -0.15) is 0 Å². The summed E-state index contributed by atoms with van der Waals surface area (Å²) in [6.07, 6.45) is 6.67. The van der Waals surface area contributed by atoms with Gasteiger partial charge in [-0.1, -0.05) is 47.5 Å². The van der Waals surface area contributed by atoms with E-state index in [-0.39, 0.29) is 24.2 Å². The zero-order chi connectivity index (χ0) is 28.4. The van der Waals surface area contributed by atoms with Crippen LogP contribution in [-0.2, 0) is 14.3 Å². The number of epoxide rings is 1. The van der Waals surface area contributed by atoms with E-state index < -0.39 is 29.4 Å². The number of hydrogen-bond donors (Lipinski definition) is 4. The molecule has 37 heavy (non-hydrogen) atoms. The standard InChI is InChI=1S/C30H58O7/c1-9-24(32)15-17-30(8,35)27(36-23(6)31)14-13-21(4)18-20(3)12-11-16-29(7,34)19-26-28(37-26)22(5)25(33)10-2/h20-22,24-28,32-35H,9-19H2,1-8H3. The first kappa shape index (κ1) is 34.3. The first-order chi connectivity index (χ1) is 17.1. The highest BCUT2D eigenvalue weighted by molar-refractivity contribution is 5.66. The van der Waals surface area contributed by atoms with E-state index in [1.807, 2.05) is 27.7 Å². The molecule has 220 valence electrons. The third-order valence-corrected chi connectivity index (χ3v) is 8.40. The Labute approximate surface area is 226 Å². The molecule has 0 radical (unpaired) electrons. The first-order valence-corrected chi connectivity index (χ1v) is 14.7. The van der Waals surface area contributed by atoms with Gasteiger partial charge in [0.05, 0.1) is 35.6 Å². The van der Waals surface area contributed by atoms with Gasteiger partial charge in [-0.3, -0.25) is 4.79 Å². The lowest BCUT2D eigenvalue weighted by atomic mass is 9.84. The summed E-state index contributed by atoms with van der Waals surface area (Å²) in [5.41, 5.74) is -1.94. The monoisotopic (exact) mass is 530 g/mol. The topological polar surface area (TPSA) is 120 Å². The highest BCUT2D eigenvalue weighted by Gasteiger charge is 2.47. The molecule has 1 saturated heterocycles. The number of aliphatic hydroxyl groups excluding tert-OH is 2. The summed E-state index contributed by atoms with van der Waals surface area (Å²) >= 11 is 0. The molecule has 1 aliphatic heterocycles. The smallest absolute Gasteiger partial charge is 0.303 e. The third-order valence-electron chi connectivity index (χ3n) is 8.40. The van der Waals surface area contributed by atoms with E-state index in [1.54, 1.807) is 6.92 Å². The van der Waals surface area contributed by atoms with E-state index in [2.05, 4.69) is 13.8 Å². The van der Waals surface area contributed by atoms with E-state index in [0.29, 0.717) is 50.4 Å². The second kappa shape index (κ2) is 15.8. The molecule has 10 unspecified atom stereocenters. The molecule has 10 atom stereocenters. The maximum absolute atomic E-state index is 11.7. The van der Waals surface area contributed by atoms with Crippen LogP contribution in [0.2, 0.25) is 0 Å². The molecule has 0 amide bonds. The van der Waals surface area contributed by atoms with E-state index >= 15 is 0 Å². The minimum Gasteiger partial charge on any atom is -0.460 e. The second-order valence-corrected chi connectivity index (χ2v) is 12.6. The SMILES string of the molecule is CCC(O)CCC(C)(O)C(CCC(C)CC(C)CCCC(C)(O)CC1OC1C(C)C(O)CC)OC(C)=O. The van der Waals surface area contributed by atoms with Crippen molar-refractivity contribution in [2.45, 2.75) is 168 Å². The zero-order valence-corrected chi connectivity index (χ0v) is 24.9. The summed E-state index contributed by atoms with van der Waals surface area (Å²) in [5, 5.41) is 41.8. The maximum atomic E-state index is 11.7. The number of carbonyl (C=O) groups is 1. The van der Waals surface area contributed by atoms with Gasteiger partial charge in [0.2, 0.25) is 0 Å². The van der Waals surface area contributed by atoms with Crippen LogP contribution in [0.3, 0.4) is 0 Å². The van der Waals surface area contributed by atoms with Gasteiger partial charge in [-0.05, 0) is 77.0 Å². The van der Waals surface area contributed by atoms with Gasteiger partial charge in [-0.25, -0.2) is 0 Å². The molecule has 0 aliphatic carbocycles. The number of ether oxygens (including phenoxy) is 2. The van der Waals surface area contributed by atoms with Crippen molar-refractivity contribution in [1.82, 2.24) is 0 Å². The summed E-state index contributed by atoms with van der Waals surface area (Å²) in [5.74, 6) is 0.619. The van der Waals surface area contributed by atoms with Crippen molar-refractivity contribution in [3.63, 3.8) is 0 Å². The summed E-state index contributed by atoms with van der Waals surface area (Å²) in [4.78, 5) is 11.7. The number of hydrogen-bond acceptors (Lipinski definition) is 7. The Morgan fingerprint density at radius 2 is 1.57 bits per heavy atom. The summed E-state index contributed by atoms with van der Waals surface area (Å²) in [6, 6.07) is 0. The van der Waals surface area contributed by atoms with Crippen LogP contribution in [0, 0.1) is 17.8 Å². The van der Waals surface area contributed by atoms with Gasteiger partial charge in [0.25, 0.3) is 0 Å². The molecule has 0 spiro atoms. The molecule has 7 nitrogen and oxygen atoms in total. The van der Waals surface area contributed by atoms with Crippen molar-refractivity contribution < 1.29 is 34.7 Å². The average Bonchev–Trinajstić information content (AvgIpc) is 3.56.